The number of nitrogens with two attached hydrogens (primary N) is 1. The maximum atomic E-state index is 5.59. The molecule has 1 aliphatic rings. The number of nitrogens with zero attached hydrogens (tertiary/aromatic N) is 4. The molecule has 0 bridgehead atoms. The Labute approximate surface area is 118 Å². The van der Waals surface area contributed by atoms with Gasteiger partial charge in [-0.3, -0.25) is 4.90 Å². The zero-order valence-electron chi connectivity index (χ0n) is 11.5. The first kappa shape index (κ1) is 12.9. The van der Waals surface area contributed by atoms with E-state index in [9.17, 15) is 0 Å². The second kappa shape index (κ2) is 5.92. The molecule has 6 heteroatoms. The van der Waals surface area contributed by atoms with Crippen LogP contribution in [0.4, 0.5) is 11.9 Å². The molecule has 0 saturated carbocycles. The van der Waals surface area contributed by atoms with Crippen molar-refractivity contribution in [2.24, 2.45) is 0 Å². The SMILES string of the molecule is Nc1nc(N2CCCN(Cc3ccccc3)CC2)n[nH]1. The zero-order valence-corrected chi connectivity index (χ0v) is 11.5. The van der Waals surface area contributed by atoms with Gasteiger partial charge in [0.1, 0.15) is 0 Å². The first-order valence-corrected chi connectivity index (χ1v) is 7.00. The molecule has 0 spiro atoms. The fraction of sp³-hybridized carbons (Fsp3) is 0.429. The van der Waals surface area contributed by atoms with Crippen LogP contribution in [0.3, 0.4) is 0 Å². The number of aromatic amines is 1. The van der Waals surface area contributed by atoms with Crippen molar-refractivity contribution in [3.05, 3.63) is 35.9 Å². The summed E-state index contributed by atoms with van der Waals surface area (Å²) in [6.07, 6.45) is 1.11. The summed E-state index contributed by atoms with van der Waals surface area (Å²) in [5, 5.41) is 6.84. The molecule has 0 aliphatic carbocycles. The normalized spacial score (nSPS) is 17.1. The highest BCUT2D eigenvalue weighted by Gasteiger charge is 2.17. The summed E-state index contributed by atoms with van der Waals surface area (Å²) in [6, 6.07) is 10.6. The summed E-state index contributed by atoms with van der Waals surface area (Å²) in [5.41, 5.74) is 6.95. The van der Waals surface area contributed by atoms with Crippen LogP contribution in [0.2, 0.25) is 0 Å². The Morgan fingerprint density at radius 3 is 2.70 bits per heavy atom. The van der Waals surface area contributed by atoms with Crippen LogP contribution in [-0.2, 0) is 6.54 Å². The Balaban J connectivity index is 1.59. The molecule has 0 amide bonds. The average molecular weight is 272 g/mol. The molecule has 1 aliphatic heterocycles. The van der Waals surface area contributed by atoms with Crippen LogP contribution in [0.1, 0.15) is 12.0 Å². The molecule has 3 N–H and O–H groups in total. The number of nitrogens with one attached hydrogen (secondary N) is 1. The van der Waals surface area contributed by atoms with E-state index in [1.54, 1.807) is 0 Å². The van der Waals surface area contributed by atoms with E-state index < -0.39 is 0 Å². The van der Waals surface area contributed by atoms with Gasteiger partial charge >= 0.3 is 0 Å². The summed E-state index contributed by atoms with van der Waals surface area (Å²) < 4.78 is 0. The van der Waals surface area contributed by atoms with Gasteiger partial charge in [-0.2, -0.15) is 4.98 Å². The Bertz CT molecular complexity index is 538. The maximum absolute atomic E-state index is 5.59. The molecule has 2 heterocycles. The monoisotopic (exact) mass is 272 g/mol. The molecule has 0 unspecified atom stereocenters. The van der Waals surface area contributed by atoms with Crippen molar-refractivity contribution in [1.82, 2.24) is 20.1 Å². The van der Waals surface area contributed by atoms with Gasteiger partial charge in [0.25, 0.3) is 0 Å². The zero-order chi connectivity index (χ0) is 13.8. The molecule has 1 aromatic heterocycles. The van der Waals surface area contributed by atoms with Crippen LogP contribution in [0.5, 0.6) is 0 Å². The van der Waals surface area contributed by atoms with Crippen molar-refractivity contribution in [1.29, 1.82) is 0 Å². The van der Waals surface area contributed by atoms with E-state index in [4.69, 9.17) is 5.73 Å². The van der Waals surface area contributed by atoms with Gasteiger partial charge in [-0.15, -0.1) is 5.10 Å². The van der Waals surface area contributed by atoms with Crippen LogP contribution in [0, 0.1) is 0 Å². The van der Waals surface area contributed by atoms with Crippen molar-refractivity contribution in [3.63, 3.8) is 0 Å². The summed E-state index contributed by atoms with van der Waals surface area (Å²) in [5.74, 6) is 1.09. The standard InChI is InChI=1S/C14H20N6/c15-13-16-14(18-17-13)20-8-4-7-19(9-10-20)11-12-5-2-1-3-6-12/h1-3,5-6H,4,7-11H2,(H3,15,16,17,18). The first-order valence-electron chi connectivity index (χ1n) is 7.00. The van der Waals surface area contributed by atoms with Crippen molar-refractivity contribution in [2.75, 3.05) is 36.8 Å². The van der Waals surface area contributed by atoms with Gasteiger partial charge in [0.15, 0.2) is 0 Å². The quantitative estimate of drug-likeness (QED) is 0.875. The van der Waals surface area contributed by atoms with Crippen LogP contribution < -0.4 is 10.6 Å². The molecule has 0 atom stereocenters. The largest absolute Gasteiger partial charge is 0.368 e. The minimum absolute atomic E-state index is 0.380. The summed E-state index contributed by atoms with van der Waals surface area (Å²) in [6.45, 7) is 5.03. The Morgan fingerprint density at radius 2 is 1.95 bits per heavy atom. The van der Waals surface area contributed by atoms with Gasteiger partial charge in [0.2, 0.25) is 11.9 Å². The lowest BCUT2D eigenvalue weighted by Gasteiger charge is -2.21. The minimum Gasteiger partial charge on any atom is -0.368 e. The molecule has 3 rings (SSSR count). The third-order valence-electron chi connectivity index (χ3n) is 3.61. The van der Waals surface area contributed by atoms with Gasteiger partial charge in [0.05, 0.1) is 0 Å². The van der Waals surface area contributed by atoms with Gasteiger partial charge in [0, 0.05) is 32.7 Å². The number of rotatable bonds is 3. The molecule has 20 heavy (non-hydrogen) atoms. The molecule has 1 aromatic carbocycles. The summed E-state index contributed by atoms with van der Waals surface area (Å²) in [4.78, 5) is 8.87. The smallest absolute Gasteiger partial charge is 0.246 e. The second-order valence-electron chi connectivity index (χ2n) is 5.12. The van der Waals surface area contributed by atoms with Gasteiger partial charge in [-0.05, 0) is 12.0 Å². The molecule has 1 fully saturated rings. The molecular formula is C14H20N6. The van der Waals surface area contributed by atoms with Crippen LogP contribution in [-0.4, -0.2) is 46.3 Å². The van der Waals surface area contributed by atoms with Gasteiger partial charge in [-0.25, -0.2) is 5.10 Å². The lowest BCUT2D eigenvalue weighted by atomic mass is 10.2. The summed E-state index contributed by atoms with van der Waals surface area (Å²) >= 11 is 0. The third-order valence-corrected chi connectivity index (χ3v) is 3.61. The van der Waals surface area contributed by atoms with Crippen molar-refractivity contribution in [3.8, 4) is 0 Å². The predicted octanol–water partition coefficient (Wildman–Crippen LogP) is 1.10. The lowest BCUT2D eigenvalue weighted by Crippen LogP contribution is -2.31. The second-order valence-corrected chi connectivity index (χ2v) is 5.12. The number of hydrogen-bond acceptors (Lipinski definition) is 5. The predicted molar refractivity (Wildman–Crippen MR) is 79.3 cm³/mol. The number of anilines is 2. The van der Waals surface area contributed by atoms with Crippen LogP contribution >= 0.6 is 0 Å². The lowest BCUT2D eigenvalue weighted by molar-refractivity contribution is 0.285. The van der Waals surface area contributed by atoms with E-state index in [2.05, 4.69) is 55.3 Å². The van der Waals surface area contributed by atoms with Crippen molar-refractivity contribution >= 4 is 11.9 Å². The molecule has 1 saturated heterocycles. The third kappa shape index (κ3) is 3.08. The van der Waals surface area contributed by atoms with E-state index in [1.807, 2.05) is 0 Å². The molecule has 2 aromatic rings. The van der Waals surface area contributed by atoms with Crippen molar-refractivity contribution < 1.29 is 0 Å². The topological polar surface area (TPSA) is 74.1 Å². The van der Waals surface area contributed by atoms with E-state index in [0.29, 0.717) is 11.9 Å². The minimum atomic E-state index is 0.380. The highest BCUT2D eigenvalue weighted by molar-refractivity contribution is 5.33. The first-order chi connectivity index (χ1) is 9.81. The van der Waals surface area contributed by atoms with E-state index in [0.717, 1.165) is 39.1 Å². The Morgan fingerprint density at radius 1 is 1.10 bits per heavy atom. The van der Waals surface area contributed by atoms with Gasteiger partial charge in [-0.1, -0.05) is 30.3 Å². The molecule has 106 valence electrons. The number of benzene rings is 1. The number of nitrogen functional groups attached to an aromatic ring is 1. The van der Waals surface area contributed by atoms with E-state index in [-0.39, 0.29) is 0 Å². The average Bonchev–Trinajstić information content (AvgIpc) is 2.76. The Kier molecular flexibility index (Phi) is 3.83. The molecule has 6 nitrogen and oxygen atoms in total. The molecule has 0 radical (unpaired) electrons. The number of H-pyrrole nitrogens is 1. The van der Waals surface area contributed by atoms with Crippen LogP contribution in [0.25, 0.3) is 0 Å². The maximum Gasteiger partial charge on any atom is 0.246 e. The van der Waals surface area contributed by atoms with E-state index in [1.165, 1.54) is 5.56 Å². The highest BCUT2D eigenvalue weighted by atomic mass is 15.4. The fourth-order valence-corrected chi connectivity index (χ4v) is 2.58. The summed E-state index contributed by atoms with van der Waals surface area (Å²) in [7, 11) is 0. The van der Waals surface area contributed by atoms with Gasteiger partial charge < -0.3 is 10.6 Å². The number of hydrogen-bond donors (Lipinski definition) is 2. The number of aromatic nitrogens is 3. The van der Waals surface area contributed by atoms with Crippen LogP contribution in [0.15, 0.2) is 30.3 Å². The van der Waals surface area contributed by atoms with E-state index >= 15 is 0 Å². The fourth-order valence-electron chi connectivity index (χ4n) is 2.58. The Hall–Kier alpha value is -2.08. The highest BCUT2D eigenvalue weighted by Crippen LogP contribution is 2.13. The molecular weight excluding hydrogens is 252 g/mol. The van der Waals surface area contributed by atoms with Crippen molar-refractivity contribution in [2.45, 2.75) is 13.0 Å².